The SMILES string of the molecule is N#C/C(=N/Nc1cccc(Cl)c1)C(N)=S. The Morgan fingerprint density at radius 2 is 2.33 bits per heavy atom. The lowest BCUT2D eigenvalue weighted by atomic mass is 10.3. The van der Waals surface area contributed by atoms with Gasteiger partial charge in [-0.05, 0) is 18.2 Å². The summed E-state index contributed by atoms with van der Waals surface area (Å²) in [5.74, 6) is 0. The fraction of sp³-hybridized carbons (Fsp3) is 0. The summed E-state index contributed by atoms with van der Waals surface area (Å²) < 4.78 is 0. The summed E-state index contributed by atoms with van der Waals surface area (Å²) in [5.41, 5.74) is 8.52. The van der Waals surface area contributed by atoms with Crippen LogP contribution in [0.25, 0.3) is 0 Å². The number of hydrogen-bond acceptors (Lipinski definition) is 4. The van der Waals surface area contributed by atoms with Gasteiger partial charge in [-0.2, -0.15) is 10.4 Å². The largest absolute Gasteiger partial charge is 0.387 e. The lowest BCUT2D eigenvalue weighted by Crippen LogP contribution is -2.20. The average molecular weight is 239 g/mol. The van der Waals surface area contributed by atoms with Crippen molar-refractivity contribution in [2.24, 2.45) is 10.8 Å². The number of anilines is 1. The number of nitriles is 1. The minimum atomic E-state index is -0.0490. The van der Waals surface area contributed by atoms with Crippen LogP contribution >= 0.6 is 23.8 Å². The smallest absolute Gasteiger partial charge is 0.194 e. The monoisotopic (exact) mass is 238 g/mol. The molecule has 1 aromatic rings. The third-order valence-electron chi connectivity index (χ3n) is 1.46. The van der Waals surface area contributed by atoms with E-state index in [-0.39, 0.29) is 10.7 Å². The van der Waals surface area contributed by atoms with Gasteiger partial charge in [-0.15, -0.1) is 0 Å². The molecule has 0 spiro atoms. The number of thiocarbonyl (C=S) groups is 1. The van der Waals surface area contributed by atoms with Crippen molar-refractivity contribution in [3.8, 4) is 6.07 Å². The topological polar surface area (TPSA) is 74.2 Å². The minimum absolute atomic E-state index is 0.0232. The van der Waals surface area contributed by atoms with Gasteiger partial charge in [0.1, 0.15) is 11.1 Å². The number of benzene rings is 1. The Balaban J connectivity index is 2.80. The second-order valence-corrected chi connectivity index (χ2v) is 3.43. The standard InChI is InChI=1S/C9H7ClN4S/c10-6-2-1-3-7(4-6)13-14-8(5-11)9(12)15/h1-4,13H,(H2,12,15)/b14-8-. The highest BCUT2D eigenvalue weighted by Gasteiger charge is 2.00. The molecule has 0 heterocycles. The third-order valence-corrected chi connectivity index (χ3v) is 1.89. The highest BCUT2D eigenvalue weighted by molar-refractivity contribution is 7.82. The predicted octanol–water partition coefficient (Wildman–Crippen LogP) is 1.92. The number of nitrogens with zero attached hydrogens (tertiary/aromatic N) is 2. The van der Waals surface area contributed by atoms with Gasteiger partial charge in [0.25, 0.3) is 0 Å². The Kier molecular flexibility index (Phi) is 4.03. The Hall–Kier alpha value is -1.64. The number of hydrogen-bond donors (Lipinski definition) is 2. The second kappa shape index (κ2) is 5.29. The van der Waals surface area contributed by atoms with Crippen LogP contribution in [0.2, 0.25) is 5.02 Å². The molecule has 0 aliphatic carbocycles. The fourth-order valence-corrected chi connectivity index (χ4v) is 1.10. The fourth-order valence-electron chi connectivity index (χ4n) is 0.814. The molecule has 1 rings (SSSR count). The van der Waals surface area contributed by atoms with Crippen molar-refractivity contribution in [1.29, 1.82) is 5.26 Å². The van der Waals surface area contributed by atoms with E-state index in [9.17, 15) is 0 Å². The third kappa shape index (κ3) is 3.54. The molecule has 0 aliphatic rings. The van der Waals surface area contributed by atoms with Crippen molar-refractivity contribution in [2.45, 2.75) is 0 Å². The van der Waals surface area contributed by atoms with Gasteiger partial charge in [0, 0.05) is 5.02 Å². The van der Waals surface area contributed by atoms with Crippen LogP contribution in [0.3, 0.4) is 0 Å². The minimum Gasteiger partial charge on any atom is -0.387 e. The van der Waals surface area contributed by atoms with Crippen molar-refractivity contribution < 1.29 is 0 Å². The van der Waals surface area contributed by atoms with Gasteiger partial charge in [-0.3, -0.25) is 5.43 Å². The van der Waals surface area contributed by atoms with Crippen LogP contribution in [0.1, 0.15) is 0 Å². The maximum atomic E-state index is 8.61. The van der Waals surface area contributed by atoms with Crippen molar-refractivity contribution in [3.63, 3.8) is 0 Å². The second-order valence-electron chi connectivity index (χ2n) is 2.56. The predicted molar refractivity (Wildman–Crippen MR) is 64.9 cm³/mol. The molecular weight excluding hydrogens is 232 g/mol. The quantitative estimate of drug-likeness (QED) is 0.479. The van der Waals surface area contributed by atoms with Gasteiger partial charge in [-0.25, -0.2) is 0 Å². The van der Waals surface area contributed by atoms with Crippen molar-refractivity contribution in [3.05, 3.63) is 29.3 Å². The Morgan fingerprint density at radius 1 is 1.60 bits per heavy atom. The van der Waals surface area contributed by atoms with Crippen molar-refractivity contribution in [1.82, 2.24) is 0 Å². The molecule has 0 radical (unpaired) electrons. The first kappa shape index (κ1) is 11.4. The zero-order valence-corrected chi connectivity index (χ0v) is 9.14. The van der Waals surface area contributed by atoms with E-state index in [1.807, 2.05) is 0 Å². The molecule has 0 unspecified atom stereocenters. The summed E-state index contributed by atoms with van der Waals surface area (Å²) in [5, 5.41) is 12.9. The number of hydrazone groups is 1. The summed E-state index contributed by atoms with van der Waals surface area (Å²) in [6, 6.07) is 8.68. The molecule has 0 fully saturated rings. The lowest BCUT2D eigenvalue weighted by molar-refractivity contribution is 1.34. The van der Waals surface area contributed by atoms with Crippen LogP contribution in [0, 0.1) is 11.3 Å². The van der Waals surface area contributed by atoms with E-state index in [1.54, 1.807) is 30.3 Å². The van der Waals surface area contributed by atoms with E-state index in [4.69, 9.17) is 22.6 Å². The highest BCUT2D eigenvalue weighted by Crippen LogP contribution is 2.14. The maximum Gasteiger partial charge on any atom is 0.194 e. The molecule has 0 amide bonds. The van der Waals surface area contributed by atoms with Gasteiger partial charge in [-0.1, -0.05) is 29.9 Å². The zero-order valence-electron chi connectivity index (χ0n) is 7.57. The lowest BCUT2D eigenvalue weighted by Gasteiger charge is -2.00. The van der Waals surface area contributed by atoms with Crippen LogP contribution in [0.5, 0.6) is 0 Å². The molecule has 0 bridgehead atoms. The van der Waals surface area contributed by atoms with Crippen LogP contribution in [0.15, 0.2) is 29.4 Å². The van der Waals surface area contributed by atoms with E-state index < -0.39 is 0 Å². The molecule has 3 N–H and O–H groups in total. The molecule has 0 aromatic heterocycles. The summed E-state index contributed by atoms with van der Waals surface area (Å²) >= 11 is 10.4. The van der Waals surface area contributed by atoms with Gasteiger partial charge >= 0.3 is 0 Å². The Labute approximate surface area is 97.3 Å². The molecule has 1 aromatic carbocycles. The number of nitrogens with two attached hydrogens (primary N) is 1. The van der Waals surface area contributed by atoms with E-state index in [1.165, 1.54) is 0 Å². The van der Waals surface area contributed by atoms with Gasteiger partial charge in [0.2, 0.25) is 0 Å². The first-order valence-corrected chi connectivity index (χ1v) is 4.71. The van der Waals surface area contributed by atoms with Gasteiger partial charge < -0.3 is 5.73 Å². The Bertz CT molecular complexity index is 450. The highest BCUT2D eigenvalue weighted by atomic mass is 35.5. The molecule has 0 atom stereocenters. The summed E-state index contributed by atoms with van der Waals surface area (Å²) in [4.78, 5) is -0.0490. The Morgan fingerprint density at radius 3 is 2.87 bits per heavy atom. The van der Waals surface area contributed by atoms with Gasteiger partial charge in [0.15, 0.2) is 5.71 Å². The molecule has 0 aliphatic heterocycles. The van der Waals surface area contributed by atoms with E-state index >= 15 is 0 Å². The van der Waals surface area contributed by atoms with Crippen molar-refractivity contribution in [2.75, 3.05) is 5.43 Å². The van der Waals surface area contributed by atoms with E-state index in [2.05, 4.69) is 22.7 Å². The molecule has 0 saturated carbocycles. The zero-order chi connectivity index (χ0) is 11.3. The summed E-state index contributed by atoms with van der Waals surface area (Å²) in [7, 11) is 0. The number of nitrogens with one attached hydrogen (secondary N) is 1. The molecule has 0 saturated heterocycles. The first-order chi connectivity index (χ1) is 7.13. The molecule has 15 heavy (non-hydrogen) atoms. The summed E-state index contributed by atoms with van der Waals surface area (Å²) in [6.07, 6.45) is 0. The van der Waals surface area contributed by atoms with Crippen LogP contribution < -0.4 is 11.2 Å². The number of rotatable bonds is 3. The molecular formula is C9H7ClN4S. The van der Waals surface area contributed by atoms with Crippen LogP contribution in [-0.4, -0.2) is 10.7 Å². The average Bonchev–Trinajstić information content (AvgIpc) is 2.18. The maximum absolute atomic E-state index is 8.61. The van der Waals surface area contributed by atoms with Crippen molar-refractivity contribution >= 4 is 40.2 Å². The number of halogens is 1. The van der Waals surface area contributed by atoms with Crippen LogP contribution in [0.4, 0.5) is 5.69 Å². The molecule has 4 nitrogen and oxygen atoms in total. The molecule has 6 heteroatoms. The van der Waals surface area contributed by atoms with Gasteiger partial charge in [0.05, 0.1) is 5.69 Å². The van der Waals surface area contributed by atoms with E-state index in [0.29, 0.717) is 10.7 Å². The van der Waals surface area contributed by atoms with E-state index in [0.717, 1.165) is 0 Å². The van der Waals surface area contributed by atoms with Crippen LogP contribution in [-0.2, 0) is 0 Å². The first-order valence-electron chi connectivity index (χ1n) is 3.92. The molecule has 76 valence electrons. The normalized spacial score (nSPS) is 10.5. The summed E-state index contributed by atoms with van der Waals surface area (Å²) in [6.45, 7) is 0.